The van der Waals surface area contributed by atoms with Gasteiger partial charge in [-0.25, -0.2) is 4.98 Å². The lowest BCUT2D eigenvalue weighted by Crippen LogP contribution is -2.08. The van der Waals surface area contributed by atoms with E-state index < -0.39 is 0 Å². The normalized spacial score (nSPS) is 15.1. The standard InChI is InChI=1S/C12H19N3O/c1-3-4-10-14-11(13)8(2)12(15-10)16-7-9-5-6-9/h9H,3-7H2,1-2H3,(H2,13,14,15). The molecule has 1 aromatic rings. The van der Waals surface area contributed by atoms with Crippen LogP contribution in [0.5, 0.6) is 5.88 Å². The van der Waals surface area contributed by atoms with E-state index in [1.165, 1.54) is 12.8 Å². The van der Waals surface area contributed by atoms with Gasteiger partial charge < -0.3 is 10.5 Å². The summed E-state index contributed by atoms with van der Waals surface area (Å²) >= 11 is 0. The molecule has 2 N–H and O–H groups in total. The lowest BCUT2D eigenvalue weighted by Gasteiger charge is -2.10. The maximum atomic E-state index is 5.84. The van der Waals surface area contributed by atoms with Crippen molar-refractivity contribution in [2.45, 2.75) is 39.5 Å². The van der Waals surface area contributed by atoms with Crippen molar-refractivity contribution in [1.29, 1.82) is 0 Å². The summed E-state index contributed by atoms with van der Waals surface area (Å²) in [4.78, 5) is 8.66. The van der Waals surface area contributed by atoms with Crippen LogP contribution in [-0.4, -0.2) is 16.6 Å². The van der Waals surface area contributed by atoms with Gasteiger partial charge in [0.15, 0.2) is 0 Å². The Labute approximate surface area is 96.2 Å². The molecular weight excluding hydrogens is 202 g/mol. The number of anilines is 1. The lowest BCUT2D eigenvalue weighted by molar-refractivity contribution is 0.285. The number of aryl methyl sites for hydroxylation is 1. The average Bonchev–Trinajstić information content (AvgIpc) is 3.05. The van der Waals surface area contributed by atoms with E-state index >= 15 is 0 Å². The Balaban J connectivity index is 2.12. The van der Waals surface area contributed by atoms with E-state index in [0.29, 0.717) is 11.7 Å². The fourth-order valence-corrected chi connectivity index (χ4v) is 1.52. The van der Waals surface area contributed by atoms with Crippen LogP contribution in [0.4, 0.5) is 5.82 Å². The Morgan fingerprint density at radius 3 is 2.75 bits per heavy atom. The Kier molecular flexibility index (Phi) is 3.27. The Hall–Kier alpha value is -1.32. The molecule has 0 radical (unpaired) electrons. The molecule has 1 heterocycles. The molecule has 0 spiro atoms. The zero-order chi connectivity index (χ0) is 11.5. The predicted molar refractivity (Wildman–Crippen MR) is 63.4 cm³/mol. The molecule has 1 aliphatic rings. The second kappa shape index (κ2) is 4.68. The van der Waals surface area contributed by atoms with Crippen LogP contribution in [0.1, 0.15) is 37.6 Å². The average molecular weight is 221 g/mol. The van der Waals surface area contributed by atoms with Crippen LogP contribution < -0.4 is 10.5 Å². The third-order valence-corrected chi connectivity index (χ3v) is 2.81. The highest BCUT2D eigenvalue weighted by atomic mass is 16.5. The van der Waals surface area contributed by atoms with Crippen molar-refractivity contribution >= 4 is 5.82 Å². The molecule has 2 rings (SSSR count). The monoisotopic (exact) mass is 221 g/mol. The van der Waals surface area contributed by atoms with Crippen LogP contribution in [-0.2, 0) is 6.42 Å². The molecule has 4 heteroatoms. The van der Waals surface area contributed by atoms with E-state index in [4.69, 9.17) is 10.5 Å². The van der Waals surface area contributed by atoms with Gasteiger partial charge in [0.05, 0.1) is 12.2 Å². The summed E-state index contributed by atoms with van der Waals surface area (Å²) in [6.45, 7) is 4.78. The van der Waals surface area contributed by atoms with Gasteiger partial charge in [0.1, 0.15) is 11.6 Å². The molecule has 1 saturated carbocycles. The second-order valence-corrected chi connectivity index (χ2v) is 4.46. The highest BCUT2D eigenvalue weighted by Crippen LogP contribution is 2.30. The number of nitrogens with two attached hydrogens (primary N) is 1. The Morgan fingerprint density at radius 1 is 1.38 bits per heavy atom. The summed E-state index contributed by atoms with van der Waals surface area (Å²) in [5, 5.41) is 0. The summed E-state index contributed by atoms with van der Waals surface area (Å²) in [6, 6.07) is 0. The summed E-state index contributed by atoms with van der Waals surface area (Å²) in [6.07, 6.45) is 4.43. The van der Waals surface area contributed by atoms with Crippen molar-refractivity contribution in [3.05, 3.63) is 11.4 Å². The van der Waals surface area contributed by atoms with Crippen molar-refractivity contribution in [1.82, 2.24) is 9.97 Å². The predicted octanol–water partition coefficient (Wildman–Crippen LogP) is 2.11. The Bertz CT molecular complexity index is 375. The number of nitrogen functional groups attached to an aromatic ring is 1. The molecule has 0 amide bonds. The minimum atomic E-state index is 0.546. The molecule has 0 aromatic carbocycles. The molecule has 0 aliphatic heterocycles. The SMILES string of the molecule is CCCc1nc(N)c(C)c(OCC2CC2)n1. The van der Waals surface area contributed by atoms with E-state index in [0.717, 1.165) is 36.8 Å². The molecule has 0 bridgehead atoms. The zero-order valence-corrected chi connectivity index (χ0v) is 9.99. The van der Waals surface area contributed by atoms with Crippen LogP contribution in [0.2, 0.25) is 0 Å². The molecule has 88 valence electrons. The van der Waals surface area contributed by atoms with Crippen molar-refractivity contribution < 1.29 is 4.74 Å². The molecular formula is C12H19N3O. The Morgan fingerprint density at radius 2 is 2.12 bits per heavy atom. The van der Waals surface area contributed by atoms with Crippen LogP contribution in [0.15, 0.2) is 0 Å². The molecule has 0 saturated heterocycles. The minimum Gasteiger partial charge on any atom is -0.477 e. The summed E-state index contributed by atoms with van der Waals surface area (Å²) in [7, 11) is 0. The van der Waals surface area contributed by atoms with Gasteiger partial charge >= 0.3 is 0 Å². The highest BCUT2D eigenvalue weighted by molar-refractivity contribution is 5.44. The molecule has 4 nitrogen and oxygen atoms in total. The topological polar surface area (TPSA) is 61.0 Å². The zero-order valence-electron chi connectivity index (χ0n) is 9.99. The minimum absolute atomic E-state index is 0.546. The first-order valence-electron chi connectivity index (χ1n) is 5.96. The van der Waals surface area contributed by atoms with Gasteiger partial charge in [0, 0.05) is 6.42 Å². The van der Waals surface area contributed by atoms with E-state index in [9.17, 15) is 0 Å². The van der Waals surface area contributed by atoms with Gasteiger partial charge in [0.25, 0.3) is 0 Å². The highest BCUT2D eigenvalue weighted by Gasteiger charge is 2.23. The molecule has 0 unspecified atom stereocenters. The number of aromatic nitrogens is 2. The largest absolute Gasteiger partial charge is 0.477 e. The van der Waals surface area contributed by atoms with Gasteiger partial charge in [-0.15, -0.1) is 0 Å². The first kappa shape index (κ1) is 11.2. The summed E-state index contributed by atoms with van der Waals surface area (Å²) in [5.41, 5.74) is 6.70. The van der Waals surface area contributed by atoms with Crippen molar-refractivity contribution in [3.63, 3.8) is 0 Å². The summed E-state index contributed by atoms with van der Waals surface area (Å²) < 4.78 is 5.70. The maximum Gasteiger partial charge on any atom is 0.221 e. The van der Waals surface area contributed by atoms with Crippen LogP contribution >= 0.6 is 0 Å². The second-order valence-electron chi connectivity index (χ2n) is 4.46. The lowest BCUT2D eigenvalue weighted by atomic mass is 10.3. The molecule has 16 heavy (non-hydrogen) atoms. The fraction of sp³-hybridized carbons (Fsp3) is 0.667. The van der Waals surface area contributed by atoms with Gasteiger partial charge in [0.2, 0.25) is 5.88 Å². The number of nitrogens with zero attached hydrogens (tertiary/aromatic N) is 2. The first-order chi connectivity index (χ1) is 7.70. The molecule has 1 fully saturated rings. The van der Waals surface area contributed by atoms with Crippen LogP contribution in [0.3, 0.4) is 0 Å². The van der Waals surface area contributed by atoms with Crippen molar-refractivity contribution in [2.75, 3.05) is 12.3 Å². The third-order valence-electron chi connectivity index (χ3n) is 2.81. The van der Waals surface area contributed by atoms with Gasteiger partial charge in [-0.1, -0.05) is 6.92 Å². The van der Waals surface area contributed by atoms with E-state index in [1.54, 1.807) is 0 Å². The van der Waals surface area contributed by atoms with Crippen molar-refractivity contribution in [3.8, 4) is 5.88 Å². The van der Waals surface area contributed by atoms with Crippen LogP contribution in [0, 0.1) is 12.8 Å². The van der Waals surface area contributed by atoms with Crippen molar-refractivity contribution in [2.24, 2.45) is 5.92 Å². The van der Waals surface area contributed by atoms with E-state index in [2.05, 4.69) is 16.9 Å². The quantitative estimate of drug-likeness (QED) is 0.827. The van der Waals surface area contributed by atoms with E-state index in [-0.39, 0.29) is 0 Å². The smallest absolute Gasteiger partial charge is 0.221 e. The molecule has 1 aliphatic carbocycles. The van der Waals surface area contributed by atoms with Gasteiger partial charge in [-0.3, -0.25) is 0 Å². The van der Waals surface area contributed by atoms with Gasteiger partial charge in [-0.05, 0) is 32.1 Å². The number of rotatable bonds is 5. The first-order valence-corrected chi connectivity index (χ1v) is 5.96. The molecule has 1 aromatic heterocycles. The maximum absolute atomic E-state index is 5.84. The van der Waals surface area contributed by atoms with E-state index in [1.807, 2.05) is 6.92 Å². The van der Waals surface area contributed by atoms with Crippen LogP contribution in [0.25, 0.3) is 0 Å². The number of hydrogen-bond donors (Lipinski definition) is 1. The number of ether oxygens (including phenoxy) is 1. The van der Waals surface area contributed by atoms with Gasteiger partial charge in [-0.2, -0.15) is 4.98 Å². The molecule has 0 atom stereocenters. The summed E-state index contributed by atoms with van der Waals surface area (Å²) in [5.74, 6) is 2.73. The third kappa shape index (κ3) is 2.62. The number of hydrogen-bond acceptors (Lipinski definition) is 4. The fourth-order valence-electron chi connectivity index (χ4n) is 1.52.